The first-order valence-corrected chi connectivity index (χ1v) is 11.3. The third-order valence-electron chi connectivity index (χ3n) is 5.13. The number of aldehydes is 1. The van der Waals surface area contributed by atoms with Crippen molar-refractivity contribution in [1.82, 2.24) is 10.6 Å². The Kier molecular flexibility index (Phi) is 14.7. The Balaban J connectivity index is 0. The summed E-state index contributed by atoms with van der Waals surface area (Å²) in [4.78, 5) is 23.2. The molecular formula is C24H50N2O4. The van der Waals surface area contributed by atoms with Crippen LogP contribution in [0, 0.1) is 16.2 Å². The Labute approximate surface area is 186 Å². The molecule has 0 heterocycles. The van der Waals surface area contributed by atoms with E-state index < -0.39 is 5.79 Å². The van der Waals surface area contributed by atoms with E-state index in [1.807, 2.05) is 27.8 Å². The zero-order valence-electron chi connectivity index (χ0n) is 21.7. The molecule has 0 spiro atoms. The highest BCUT2D eigenvalue weighted by atomic mass is 16.7. The Morgan fingerprint density at radius 2 is 1.37 bits per heavy atom. The van der Waals surface area contributed by atoms with Crippen LogP contribution in [-0.2, 0) is 19.1 Å². The van der Waals surface area contributed by atoms with Crippen molar-refractivity contribution < 1.29 is 19.1 Å². The molecule has 0 saturated heterocycles. The molecule has 1 atom stereocenters. The molecule has 0 aliphatic rings. The Morgan fingerprint density at radius 1 is 0.867 bits per heavy atom. The molecule has 0 aliphatic carbocycles. The molecule has 6 heteroatoms. The van der Waals surface area contributed by atoms with Gasteiger partial charge in [-0.1, -0.05) is 62.3 Å². The number of hydrogen-bond acceptors (Lipinski definition) is 5. The van der Waals surface area contributed by atoms with Crippen LogP contribution in [0.15, 0.2) is 0 Å². The van der Waals surface area contributed by atoms with Crippen LogP contribution >= 0.6 is 0 Å². The molecule has 0 rings (SSSR count). The highest BCUT2D eigenvalue weighted by molar-refractivity contribution is 5.76. The molecule has 0 aromatic carbocycles. The standard InChI is InChI=1S/C22H44N2O4.C2H6/c1-19(2,3)22(8,27-14-11-23-9)28-15-12-24-18(26)16-21(6,7)17-20(4,5)10-13-25;1-2/h13,23H,10-12,14-17H2,1-9H3,(H,24,26);1-2H3. The molecule has 1 unspecified atom stereocenters. The fourth-order valence-corrected chi connectivity index (χ4v) is 3.41. The van der Waals surface area contributed by atoms with Crippen molar-refractivity contribution in [1.29, 1.82) is 0 Å². The Morgan fingerprint density at radius 3 is 1.80 bits per heavy atom. The van der Waals surface area contributed by atoms with Crippen molar-refractivity contribution in [3.05, 3.63) is 0 Å². The topological polar surface area (TPSA) is 76.7 Å². The minimum absolute atomic E-state index is 0.00376. The van der Waals surface area contributed by atoms with Crippen LogP contribution in [-0.4, -0.2) is 51.3 Å². The molecule has 6 nitrogen and oxygen atoms in total. The fraction of sp³-hybridized carbons (Fsp3) is 0.917. The summed E-state index contributed by atoms with van der Waals surface area (Å²) in [5.74, 6) is -0.726. The van der Waals surface area contributed by atoms with Gasteiger partial charge in [-0.2, -0.15) is 0 Å². The van der Waals surface area contributed by atoms with Gasteiger partial charge in [0, 0.05) is 31.3 Å². The molecule has 0 saturated carbocycles. The zero-order valence-corrected chi connectivity index (χ0v) is 21.7. The molecule has 2 N–H and O–H groups in total. The molecule has 0 aromatic heterocycles. The predicted octanol–water partition coefficient (Wildman–Crippen LogP) is 4.57. The number of ether oxygens (including phenoxy) is 2. The summed E-state index contributed by atoms with van der Waals surface area (Å²) in [6.45, 7) is 22.6. The lowest BCUT2D eigenvalue weighted by atomic mass is 9.72. The van der Waals surface area contributed by atoms with Crippen LogP contribution in [0.3, 0.4) is 0 Å². The lowest BCUT2D eigenvalue weighted by Crippen LogP contribution is -2.47. The third-order valence-corrected chi connectivity index (χ3v) is 5.13. The Bertz CT molecular complexity index is 484. The second-order valence-corrected chi connectivity index (χ2v) is 10.4. The maximum atomic E-state index is 12.4. The number of hydrogen-bond donors (Lipinski definition) is 2. The summed E-state index contributed by atoms with van der Waals surface area (Å²) >= 11 is 0. The van der Waals surface area contributed by atoms with E-state index in [9.17, 15) is 9.59 Å². The van der Waals surface area contributed by atoms with Gasteiger partial charge in [-0.15, -0.1) is 0 Å². The molecule has 0 aromatic rings. The summed E-state index contributed by atoms with van der Waals surface area (Å²) in [6, 6.07) is 0. The van der Waals surface area contributed by atoms with Gasteiger partial charge >= 0.3 is 0 Å². The van der Waals surface area contributed by atoms with Crippen molar-refractivity contribution in [2.24, 2.45) is 16.2 Å². The normalized spacial score (nSPS) is 14.4. The zero-order chi connectivity index (χ0) is 24.1. The van der Waals surface area contributed by atoms with Crippen LogP contribution in [0.5, 0.6) is 0 Å². The summed E-state index contributed by atoms with van der Waals surface area (Å²) in [6.07, 6.45) is 2.69. The van der Waals surface area contributed by atoms with Gasteiger partial charge in [0.05, 0.1) is 13.2 Å². The molecule has 180 valence electrons. The summed E-state index contributed by atoms with van der Waals surface area (Å²) in [7, 11) is 1.88. The molecular weight excluding hydrogens is 380 g/mol. The van der Waals surface area contributed by atoms with Gasteiger partial charge in [0.15, 0.2) is 5.79 Å². The van der Waals surface area contributed by atoms with E-state index in [2.05, 4.69) is 59.1 Å². The molecule has 0 radical (unpaired) electrons. The van der Waals surface area contributed by atoms with Crippen molar-refractivity contribution in [2.45, 2.75) is 94.3 Å². The van der Waals surface area contributed by atoms with Crippen molar-refractivity contribution >= 4 is 12.2 Å². The van der Waals surface area contributed by atoms with Crippen LogP contribution in [0.2, 0.25) is 0 Å². The van der Waals surface area contributed by atoms with Gasteiger partial charge in [0.25, 0.3) is 0 Å². The molecule has 1 amide bonds. The van der Waals surface area contributed by atoms with Crippen LogP contribution in [0.1, 0.15) is 88.5 Å². The number of carbonyl (C=O) groups excluding carboxylic acids is 2. The van der Waals surface area contributed by atoms with E-state index >= 15 is 0 Å². The highest BCUT2D eigenvalue weighted by Gasteiger charge is 2.39. The quantitative estimate of drug-likeness (QED) is 0.240. The molecule has 0 bridgehead atoms. The summed E-state index contributed by atoms with van der Waals surface area (Å²) in [5.41, 5.74) is -0.474. The number of nitrogens with one attached hydrogen (secondary N) is 2. The maximum Gasteiger partial charge on any atom is 0.220 e. The summed E-state index contributed by atoms with van der Waals surface area (Å²) < 4.78 is 12.0. The van der Waals surface area contributed by atoms with Crippen molar-refractivity contribution in [3.8, 4) is 0 Å². The van der Waals surface area contributed by atoms with E-state index in [0.29, 0.717) is 32.6 Å². The second-order valence-electron chi connectivity index (χ2n) is 10.4. The van der Waals surface area contributed by atoms with Crippen molar-refractivity contribution in [3.63, 3.8) is 0 Å². The lowest BCUT2D eigenvalue weighted by Gasteiger charge is -2.41. The first-order chi connectivity index (χ1) is 13.7. The second kappa shape index (κ2) is 14.2. The number of likely N-dealkylation sites (N-methyl/N-ethyl adjacent to an activating group) is 1. The van der Waals surface area contributed by atoms with Crippen molar-refractivity contribution in [2.75, 3.05) is 33.4 Å². The van der Waals surface area contributed by atoms with E-state index in [1.54, 1.807) is 0 Å². The monoisotopic (exact) mass is 430 g/mol. The third kappa shape index (κ3) is 13.3. The lowest BCUT2D eigenvalue weighted by molar-refractivity contribution is -0.276. The maximum absolute atomic E-state index is 12.4. The largest absolute Gasteiger partial charge is 0.354 e. The van der Waals surface area contributed by atoms with E-state index in [1.165, 1.54) is 0 Å². The van der Waals surface area contributed by atoms with E-state index in [0.717, 1.165) is 19.3 Å². The summed E-state index contributed by atoms with van der Waals surface area (Å²) in [5, 5.41) is 6.01. The number of carbonyl (C=O) groups is 2. The van der Waals surface area contributed by atoms with Crippen LogP contribution in [0.4, 0.5) is 0 Å². The Hall–Kier alpha value is -0.980. The molecule has 30 heavy (non-hydrogen) atoms. The predicted molar refractivity (Wildman–Crippen MR) is 126 cm³/mol. The van der Waals surface area contributed by atoms with E-state index in [-0.39, 0.29) is 22.2 Å². The molecule has 0 aliphatic heterocycles. The minimum Gasteiger partial charge on any atom is -0.354 e. The fourth-order valence-electron chi connectivity index (χ4n) is 3.41. The van der Waals surface area contributed by atoms with Gasteiger partial charge < -0.3 is 24.9 Å². The van der Waals surface area contributed by atoms with Crippen LogP contribution < -0.4 is 10.6 Å². The van der Waals surface area contributed by atoms with Gasteiger partial charge in [-0.05, 0) is 31.2 Å². The van der Waals surface area contributed by atoms with Gasteiger partial charge in [-0.3, -0.25) is 4.79 Å². The number of amides is 1. The van der Waals surface area contributed by atoms with E-state index in [4.69, 9.17) is 9.47 Å². The average molecular weight is 431 g/mol. The minimum atomic E-state index is -0.729. The first kappa shape index (κ1) is 31.2. The molecule has 0 fully saturated rings. The first-order valence-electron chi connectivity index (χ1n) is 11.3. The average Bonchev–Trinajstić information content (AvgIpc) is 2.58. The highest BCUT2D eigenvalue weighted by Crippen LogP contribution is 2.38. The van der Waals surface area contributed by atoms with Gasteiger partial charge in [-0.25, -0.2) is 0 Å². The van der Waals surface area contributed by atoms with Crippen LogP contribution in [0.25, 0.3) is 0 Å². The smallest absolute Gasteiger partial charge is 0.220 e. The van der Waals surface area contributed by atoms with Gasteiger partial charge in [0.1, 0.15) is 6.29 Å². The SMILES string of the molecule is CC.CNCCOC(C)(OCCNC(=O)CC(C)(C)CC(C)(C)CC=O)C(C)(C)C. The number of rotatable bonds is 14. The van der Waals surface area contributed by atoms with Gasteiger partial charge in [0.2, 0.25) is 5.91 Å².